The minimum absolute atomic E-state index is 0.0805. The van der Waals surface area contributed by atoms with E-state index in [1.165, 1.54) is 12.4 Å². The number of pyridine rings is 1. The summed E-state index contributed by atoms with van der Waals surface area (Å²) in [5.74, 6) is -0.441. The van der Waals surface area contributed by atoms with Gasteiger partial charge in [-0.1, -0.05) is 0 Å². The highest BCUT2D eigenvalue weighted by Crippen LogP contribution is 2.02. The molecule has 2 aromatic heterocycles. The zero-order valence-corrected chi connectivity index (χ0v) is 11.8. The molecule has 7 heteroatoms. The molecule has 0 aliphatic rings. The van der Waals surface area contributed by atoms with Gasteiger partial charge in [-0.05, 0) is 25.5 Å². The van der Waals surface area contributed by atoms with E-state index in [1.807, 2.05) is 6.92 Å². The molecule has 0 saturated carbocycles. The first-order valence-electron chi connectivity index (χ1n) is 6.49. The van der Waals surface area contributed by atoms with Crippen molar-refractivity contribution in [3.05, 3.63) is 61.7 Å². The van der Waals surface area contributed by atoms with Gasteiger partial charge in [0.25, 0.3) is 17.0 Å². The van der Waals surface area contributed by atoms with Crippen molar-refractivity contribution in [2.45, 2.75) is 20.3 Å². The lowest BCUT2D eigenvalue weighted by molar-refractivity contribution is 0.0952. The molecule has 0 aliphatic heterocycles. The average Bonchev–Trinajstić information content (AvgIpc) is 2.43. The highest BCUT2D eigenvalue weighted by atomic mass is 16.2. The van der Waals surface area contributed by atoms with E-state index in [1.54, 1.807) is 13.0 Å². The maximum absolute atomic E-state index is 12.0. The molecule has 110 valence electrons. The number of aromatic amines is 2. The van der Waals surface area contributed by atoms with Crippen LogP contribution in [0, 0.1) is 13.8 Å². The zero-order valence-electron chi connectivity index (χ0n) is 11.8. The number of nitrogens with zero attached hydrogens (tertiary/aromatic N) is 1. The largest absolute Gasteiger partial charge is 0.351 e. The van der Waals surface area contributed by atoms with Crippen LogP contribution in [0.25, 0.3) is 0 Å². The molecule has 0 unspecified atom stereocenters. The first kappa shape index (κ1) is 14.7. The Morgan fingerprint density at radius 3 is 2.76 bits per heavy atom. The molecule has 0 radical (unpaired) electrons. The fraction of sp³-hybridized carbons (Fsp3) is 0.286. The minimum atomic E-state index is -0.441. The smallest absolute Gasteiger partial charge is 0.261 e. The molecule has 0 aliphatic carbocycles. The number of aromatic nitrogens is 3. The van der Waals surface area contributed by atoms with Crippen molar-refractivity contribution in [2.24, 2.45) is 0 Å². The van der Waals surface area contributed by atoms with E-state index in [-0.39, 0.29) is 11.1 Å². The van der Waals surface area contributed by atoms with Gasteiger partial charge in [-0.15, -0.1) is 0 Å². The molecule has 3 N–H and O–H groups in total. The molecular weight excluding hydrogens is 272 g/mol. The van der Waals surface area contributed by atoms with Crippen LogP contribution in [-0.4, -0.2) is 27.4 Å². The van der Waals surface area contributed by atoms with Gasteiger partial charge in [0, 0.05) is 30.4 Å². The normalized spacial score (nSPS) is 10.4. The molecule has 0 saturated heterocycles. The average molecular weight is 288 g/mol. The van der Waals surface area contributed by atoms with Crippen molar-refractivity contribution >= 4 is 5.91 Å². The van der Waals surface area contributed by atoms with Gasteiger partial charge in [0.15, 0.2) is 0 Å². The predicted octanol–water partition coefficient (Wildman–Crippen LogP) is 0.0475. The number of H-pyrrole nitrogens is 2. The number of carbonyl (C=O) groups is 1. The SMILES string of the molecule is Cc1cc(C(=O)NCCc2cc(=O)[nH]cn2)c(=O)[nH]c1C. The van der Waals surface area contributed by atoms with Gasteiger partial charge in [-0.25, -0.2) is 4.98 Å². The number of amides is 1. The van der Waals surface area contributed by atoms with Crippen LogP contribution < -0.4 is 16.4 Å². The van der Waals surface area contributed by atoms with E-state index in [0.717, 1.165) is 11.3 Å². The van der Waals surface area contributed by atoms with Gasteiger partial charge in [-0.2, -0.15) is 0 Å². The van der Waals surface area contributed by atoms with Gasteiger partial charge in [-0.3, -0.25) is 14.4 Å². The van der Waals surface area contributed by atoms with Crippen LogP contribution in [0.2, 0.25) is 0 Å². The van der Waals surface area contributed by atoms with Crippen molar-refractivity contribution in [1.29, 1.82) is 0 Å². The third-order valence-electron chi connectivity index (χ3n) is 3.14. The fourth-order valence-electron chi connectivity index (χ4n) is 1.84. The molecule has 21 heavy (non-hydrogen) atoms. The predicted molar refractivity (Wildman–Crippen MR) is 77.4 cm³/mol. The molecule has 0 bridgehead atoms. The van der Waals surface area contributed by atoms with Gasteiger partial charge in [0.1, 0.15) is 5.56 Å². The lowest BCUT2D eigenvalue weighted by atomic mass is 10.1. The van der Waals surface area contributed by atoms with Gasteiger partial charge in [0.2, 0.25) is 0 Å². The lowest BCUT2D eigenvalue weighted by Crippen LogP contribution is -2.31. The molecule has 7 nitrogen and oxygen atoms in total. The summed E-state index contributed by atoms with van der Waals surface area (Å²) in [5.41, 5.74) is 1.59. The van der Waals surface area contributed by atoms with E-state index in [0.29, 0.717) is 18.7 Å². The minimum Gasteiger partial charge on any atom is -0.351 e. The summed E-state index contributed by atoms with van der Waals surface area (Å²) in [6.45, 7) is 3.89. The van der Waals surface area contributed by atoms with Crippen LogP contribution in [0.3, 0.4) is 0 Å². The van der Waals surface area contributed by atoms with Crippen LogP contribution in [-0.2, 0) is 6.42 Å². The monoisotopic (exact) mass is 288 g/mol. The number of hydrogen-bond acceptors (Lipinski definition) is 4. The Morgan fingerprint density at radius 2 is 2.05 bits per heavy atom. The van der Waals surface area contributed by atoms with E-state index in [9.17, 15) is 14.4 Å². The van der Waals surface area contributed by atoms with E-state index >= 15 is 0 Å². The first-order chi connectivity index (χ1) is 9.97. The highest BCUT2D eigenvalue weighted by molar-refractivity contribution is 5.93. The Kier molecular flexibility index (Phi) is 4.32. The van der Waals surface area contributed by atoms with Crippen LogP contribution in [0.15, 0.2) is 28.0 Å². The number of carbonyl (C=O) groups excluding carboxylic acids is 1. The second-order valence-corrected chi connectivity index (χ2v) is 4.73. The van der Waals surface area contributed by atoms with Crippen LogP contribution in [0.4, 0.5) is 0 Å². The Morgan fingerprint density at radius 1 is 1.29 bits per heavy atom. The van der Waals surface area contributed by atoms with Crippen LogP contribution in [0.5, 0.6) is 0 Å². The first-order valence-corrected chi connectivity index (χ1v) is 6.49. The third kappa shape index (κ3) is 3.65. The molecular formula is C14H16N4O3. The van der Waals surface area contributed by atoms with Crippen molar-refractivity contribution in [3.8, 4) is 0 Å². The number of aryl methyl sites for hydroxylation is 2. The number of hydrogen-bond donors (Lipinski definition) is 3. The Labute approximate surface area is 120 Å². The maximum Gasteiger partial charge on any atom is 0.261 e. The highest BCUT2D eigenvalue weighted by Gasteiger charge is 2.11. The van der Waals surface area contributed by atoms with Crippen molar-refractivity contribution < 1.29 is 4.79 Å². The quantitative estimate of drug-likeness (QED) is 0.738. The lowest BCUT2D eigenvalue weighted by Gasteiger charge is -2.06. The Balaban J connectivity index is 2.01. The molecule has 1 amide bonds. The summed E-state index contributed by atoms with van der Waals surface area (Å²) in [7, 11) is 0. The molecule has 0 fully saturated rings. The fourth-order valence-corrected chi connectivity index (χ4v) is 1.84. The maximum atomic E-state index is 12.0. The summed E-state index contributed by atoms with van der Waals surface area (Å²) in [6.07, 6.45) is 1.73. The molecule has 0 spiro atoms. The van der Waals surface area contributed by atoms with Gasteiger partial charge in [0.05, 0.1) is 6.33 Å². The van der Waals surface area contributed by atoms with Crippen LogP contribution >= 0.6 is 0 Å². The van der Waals surface area contributed by atoms with Crippen molar-refractivity contribution in [3.63, 3.8) is 0 Å². The summed E-state index contributed by atoms with van der Waals surface area (Å²) in [6, 6.07) is 2.93. The van der Waals surface area contributed by atoms with Crippen molar-refractivity contribution in [1.82, 2.24) is 20.3 Å². The Hall–Kier alpha value is -2.70. The second-order valence-electron chi connectivity index (χ2n) is 4.73. The number of nitrogens with one attached hydrogen (secondary N) is 3. The summed E-state index contributed by atoms with van der Waals surface area (Å²) >= 11 is 0. The van der Waals surface area contributed by atoms with E-state index < -0.39 is 11.5 Å². The molecule has 0 aromatic carbocycles. The van der Waals surface area contributed by atoms with Gasteiger partial charge < -0.3 is 15.3 Å². The molecule has 2 aromatic rings. The van der Waals surface area contributed by atoms with Crippen molar-refractivity contribution in [2.75, 3.05) is 6.54 Å². The number of rotatable bonds is 4. The van der Waals surface area contributed by atoms with Gasteiger partial charge >= 0.3 is 0 Å². The Bertz CT molecular complexity index is 776. The summed E-state index contributed by atoms with van der Waals surface area (Å²) < 4.78 is 0. The molecule has 0 atom stereocenters. The molecule has 2 rings (SSSR count). The van der Waals surface area contributed by atoms with E-state index in [2.05, 4.69) is 20.3 Å². The third-order valence-corrected chi connectivity index (χ3v) is 3.14. The summed E-state index contributed by atoms with van der Waals surface area (Å²) in [5, 5.41) is 2.64. The topological polar surface area (TPSA) is 108 Å². The summed E-state index contributed by atoms with van der Waals surface area (Å²) in [4.78, 5) is 43.8. The second kappa shape index (κ2) is 6.17. The van der Waals surface area contributed by atoms with E-state index in [4.69, 9.17) is 0 Å². The standard InChI is InChI=1S/C14H16N4O3/c1-8-5-11(14(21)18-9(8)2)13(20)15-4-3-10-6-12(19)17-7-16-10/h5-7H,3-4H2,1-2H3,(H,15,20)(H,18,21)(H,16,17,19). The molecule has 2 heterocycles. The zero-order chi connectivity index (χ0) is 15.4. The van der Waals surface area contributed by atoms with Crippen LogP contribution in [0.1, 0.15) is 27.3 Å².